The monoisotopic (exact) mass is 275 g/mol. The van der Waals surface area contributed by atoms with E-state index in [0.717, 1.165) is 0 Å². The first-order chi connectivity index (χ1) is 9.70. The molecular weight excluding hydrogens is 258 g/mol. The van der Waals surface area contributed by atoms with Gasteiger partial charge in [-0.05, 0) is 25.1 Å². The molecule has 0 atom stereocenters. The maximum Gasteiger partial charge on any atom is 0.253 e. The number of nitrogens with one attached hydrogen (secondary N) is 2. The molecular formula is C13H17N5O2. The zero-order chi connectivity index (χ0) is 14.4. The van der Waals surface area contributed by atoms with Crippen LogP contribution in [0.4, 0.5) is 11.4 Å². The van der Waals surface area contributed by atoms with Crippen molar-refractivity contribution < 1.29 is 9.32 Å². The average Bonchev–Trinajstić information content (AvgIpc) is 2.92. The van der Waals surface area contributed by atoms with Gasteiger partial charge in [0.25, 0.3) is 5.91 Å². The molecule has 0 aliphatic rings. The van der Waals surface area contributed by atoms with Crippen LogP contribution >= 0.6 is 0 Å². The summed E-state index contributed by atoms with van der Waals surface area (Å²) in [5.74, 6) is 0.411. The molecule has 4 N–H and O–H groups in total. The van der Waals surface area contributed by atoms with Crippen LogP contribution in [-0.2, 0) is 6.42 Å². The van der Waals surface area contributed by atoms with Crippen molar-refractivity contribution in [2.45, 2.75) is 13.3 Å². The lowest BCUT2D eigenvalue weighted by molar-refractivity contribution is 0.0956. The van der Waals surface area contributed by atoms with E-state index >= 15 is 0 Å². The number of carbonyl (C=O) groups excluding carboxylic acids is 1. The summed E-state index contributed by atoms with van der Waals surface area (Å²) >= 11 is 0. The Hall–Kier alpha value is -2.57. The van der Waals surface area contributed by atoms with Crippen LogP contribution in [0.1, 0.15) is 23.2 Å². The van der Waals surface area contributed by atoms with Crippen molar-refractivity contribution in [3.05, 3.63) is 36.0 Å². The van der Waals surface area contributed by atoms with Crippen LogP contribution in [0, 0.1) is 0 Å². The number of amides is 1. The average molecular weight is 275 g/mol. The number of aromatic nitrogens is 2. The lowest BCUT2D eigenvalue weighted by Crippen LogP contribution is -2.24. The van der Waals surface area contributed by atoms with E-state index in [9.17, 15) is 4.79 Å². The third-order valence-corrected chi connectivity index (χ3v) is 2.69. The molecule has 106 valence electrons. The molecule has 0 saturated carbocycles. The fraction of sp³-hybridized carbons (Fsp3) is 0.308. The fourth-order valence-electron chi connectivity index (χ4n) is 1.77. The Morgan fingerprint density at radius 1 is 1.45 bits per heavy atom. The predicted octanol–water partition coefficient (Wildman–Crippen LogP) is 1.06. The Labute approximate surface area is 116 Å². The highest BCUT2D eigenvalue weighted by atomic mass is 16.5. The molecule has 7 nitrogen and oxygen atoms in total. The summed E-state index contributed by atoms with van der Waals surface area (Å²) in [6, 6.07) is 5.14. The van der Waals surface area contributed by atoms with Gasteiger partial charge in [0.2, 0.25) is 5.89 Å². The quantitative estimate of drug-likeness (QED) is 0.680. The van der Waals surface area contributed by atoms with E-state index in [0.29, 0.717) is 42.3 Å². The largest absolute Gasteiger partial charge is 0.399 e. The Kier molecular flexibility index (Phi) is 4.54. The third-order valence-electron chi connectivity index (χ3n) is 2.69. The molecule has 2 aromatic rings. The normalized spacial score (nSPS) is 10.2. The highest BCUT2D eigenvalue weighted by Crippen LogP contribution is 2.19. The molecule has 1 heterocycles. The van der Waals surface area contributed by atoms with Crippen LogP contribution < -0.4 is 16.4 Å². The minimum atomic E-state index is -0.132. The molecule has 0 unspecified atom stereocenters. The second kappa shape index (κ2) is 6.55. The molecule has 1 aromatic heterocycles. The molecule has 0 fully saturated rings. The molecule has 0 radical (unpaired) electrons. The summed E-state index contributed by atoms with van der Waals surface area (Å²) < 4.78 is 4.91. The first-order valence-electron chi connectivity index (χ1n) is 6.38. The van der Waals surface area contributed by atoms with Crippen molar-refractivity contribution in [3.8, 4) is 0 Å². The summed E-state index contributed by atoms with van der Waals surface area (Å²) in [4.78, 5) is 15.9. The van der Waals surface area contributed by atoms with E-state index in [1.54, 1.807) is 18.2 Å². The molecule has 2 rings (SSSR count). The van der Waals surface area contributed by atoms with Crippen molar-refractivity contribution in [2.75, 3.05) is 24.1 Å². The van der Waals surface area contributed by atoms with Crippen molar-refractivity contribution in [1.29, 1.82) is 0 Å². The molecule has 20 heavy (non-hydrogen) atoms. The van der Waals surface area contributed by atoms with Gasteiger partial charge in [0.1, 0.15) is 0 Å². The van der Waals surface area contributed by atoms with Gasteiger partial charge in [-0.3, -0.25) is 4.79 Å². The third kappa shape index (κ3) is 3.47. The molecule has 0 bridgehead atoms. The molecule has 0 spiro atoms. The highest BCUT2D eigenvalue weighted by molar-refractivity contribution is 6.00. The van der Waals surface area contributed by atoms with Crippen LogP contribution in [0.25, 0.3) is 0 Å². The minimum Gasteiger partial charge on any atom is -0.399 e. The van der Waals surface area contributed by atoms with Crippen molar-refractivity contribution in [1.82, 2.24) is 15.5 Å². The Bertz CT molecular complexity index is 568. The smallest absolute Gasteiger partial charge is 0.253 e. The maximum absolute atomic E-state index is 11.9. The first kappa shape index (κ1) is 13.9. The number of benzene rings is 1. The van der Waals surface area contributed by atoms with Gasteiger partial charge in [0.15, 0.2) is 6.33 Å². The molecule has 1 amide bonds. The van der Waals surface area contributed by atoms with Gasteiger partial charge >= 0.3 is 0 Å². The van der Waals surface area contributed by atoms with E-state index in [-0.39, 0.29) is 5.91 Å². The molecule has 0 aliphatic carbocycles. The van der Waals surface area contributed by atoms with Crippen LogP contribution in [0.3, 0.4) is 0 Å². The van der Waals surface area contributed by atoms with E-state index < -0.39 is 0 Å². The fourth-order valence-corrected chi connectivity index (χ4v) is 1.77. The number of nitrogens with two attached hydrogens (primary N) is 1. The minimum absolute atomic E-state index is 0.132. The van der Waals surface area contributed by atoms with Gasteiger partial charge in [-0.25, -0.2) is 0 Å². The molecule has 0 aliphatic heterocycles. The second-order valence-corrected chi connectivity index (χ2v) is 4.18. The zero-order valence-electron chi connectivity index (χ0n) is 11.2. The Morgan fingerprint density at radius 3 is 3.00 bits per heavy atom. The second-order valence-electron chi connectivity index (χ2n) is 4.18. The van der Waals surface area contributed by atoms with Crippen LogP contribution in [0.2, 0.25) is 0 Å². The summed E-state index contributed by atoms with van der Waals surface area (Å²) in [5.41, 5.74) is 7.60. The van der Waals surface area contributed by atoms with Gasteiger partial charge in [-0.1, -0.05) is 5.16 Å². The van der Waals surface area contributed by atoms with E-state index in [1.165, 1.54) is 6.33 Å². The number of hydrogen-bond acceptors (Lipinski definition) is 6. The SMILES string of the molecule is CCNC(=O)c1ccc(N)cc1NCCc1ncno1. The predicted molar refractivity (Wildman–Crippen MR) is 75.4 cm³/mol. The number of nitrogen functional groups attached to an aromatic ring is 1. The van der Waals surface area contributed by atoms with Crippen LogP contribution in [0.5, 0.6) is 0 Å². The van der Waals surface area contributed by atoms with Gasteiger partial charge < -0.3 is 20.9 Å². The Morgan fingerprint density at radius 2 is 2.30 bits per heavy atom. The first-order valence-corrected chi connectivity index (χ1v) is 6.38. The Balaban J connectivity index is 2.05. The highest BCUT2D eigenvalue weighted by Gasteiger charge is 2.11. The number of rotatable bonds is 6. The van der Waals surface area contributed by atoms with Crippen LogP contribution in [-0.4, -0.2) is 29.1 Å². The summed E-state index contributed by atoms with van der Waals surface area (Å²) in [7, 11) is 0. The number of nitrogens with zero attached hydrogens (tertiary/aromatic N) is 2. The number of anilines is 2. The van der Waals surface area contributed by atoms with E-state index in [2.05, 4.69) is 20.8 Å². The summed E-state index contributed by atoms with van der Waals surface area (Å²) in [6.07, 6.45) is 1.93. The van der Waals surface area contributed by atoms with Crippen molar-refractivity contribution >= 4 is 17.3 Å². The molecule has 7 heteroatoms. The lowest BCUT2D eigenvalue weighted by atomic mass is 10.1. The van der Waals surface area contributed by atoms with Gasteiger partial charge in [-0.15, -0.1) is 0 Å². The van der Waals surface area contributed by atoms with E-state index in [1.807, 2.05) is 6.92 Å². The number of carbonyl (C=O) groups is 1. The summed E-state index contributed by atoms with van der Waals surface area (Å²) in [5, 5.41) is 9.46. The maximum atomic E-state index is 11.9. The van der Waals surface area contributed by atoms with Crippen molar-refractivity contribution in [2.24, 2.45) is 0 Å². The topological polar surface area (TPSA) is 106 Å². The molecule has 1 aromatic carbocycles. The van der Waals surface area contributed by atoms with Crippen LogP contribution in [0.15, 0.2) is 29.0 Å². The standard InChI is InChI=1S/C13H17N5O2/c1-2-15-13(19)10-4-3-9(14)7-11(10)16-6-5-12-17-8-18-20-12/h3-4,7-8,16H,2,5-6,14H2,1H3,(H,15,19). The van der Waals surface area contributed by atoms with Gasteiger partial charge in [0.05, 0.1) is 5.56 Å². The van der Waals surface area contributed by atoms with E-state index in [4.69, 9.17) is 10.3 Å². The summed E-state index contributed by atoms with van der Waals surface area (Å²) in [6.45, 7) is 3.01. The lowest BCUT2D eigenvalue weighted by Gasteiger charge is -2.12. The van der Waals surface area contributed by atoms with Gasteiger partial charge in [-0.2, -0.15) is 4.98 Å². The molecule has 0 saturated heterocycles. The van der Waals surface area contributed by atoms with Gasteiger partial charge in [0, 0.05) is 30.9 Å². The number of hydrogen-bond donors (Lipinski definition) is 3. The zero-order valence-corrected chi connectivity index (χ0v) is 11.2. The van der Waals surface area contributed by atoms with Crippen molar-refractivity contribution in [3.63, 3.8) is 0 Å².